The standard InChI is InChI=1S/C6H8ClN3S3/c1-10(2)6(11)12-3-4-5(7)13-9-8-4/h3H2,1-2H3. The highest BCUT2D eigenvalue weighted by molar-refractivity contribution is 8.22. The molecule has 0 aliphatic rings. The fourth-order valence-electron chi connectivity index (χ4n) is 0.542. The average molecular weight is 254 g/mol. The quantitative estimate of drug-likeness (QED) is 0.755. The highest BCUT2D eigenvalue weighted by atomic mass is 35.5. The van der Waals surface area contributed by atoms with Gasteiger partial charge < -0.3 is 4.90 Å². The average Bonchev–Trinajstić information content (AvgIpc) is 2.47. The summed E-state index contributed by atoms with van der Waals surface area (Å²) in [4.78, 5) is 1.88. The van der Waals surface area contributed by atoms with Gasteiger partial charge in [-0.15, -0.1) is 5.10 Å². The lowest BCUT2D eigenvalue weighted by Crippen LogP contribution is -2.16. The van der Waals surface area contributed by atoms with E-state index in [0.717, 1.165) is 10.0 Å². The van der Waals surface area contributed by atoms with Crippen LogP contribution in [0.25, 0.3) is 0 Å². The normalized spacial score (nSPS) is 10.1. The van der Waals surface area contributed by atoms with Crippen LogP contribution in [0.3, 0.4) is 0 Å². The lowest BCUT2D eigenvalue weighted by molar-refractivity contribution is 0.648. The van der Waals surface area contributed by atoms with Gasteiger partial charge >= 0.3 is 0 Å². The van der Waals surface area contributed by atoms with Crippen molar-refractivity contribution in [1.29, 1.82) is 0 Å². The summed E-state index contributed by atoms with van der Waals surface area (Å²) in [5.41, 5.74) is 0.806. The van der Waals surface area contributed by atoms with Crippen molar-refractivity contribution in [1.82, 2.24) is 14.5 Å². The predicted molar refractivity (Wildman–Crippen MR) is 62.5 cm³/mol. The summed E-state index contributed by atoms with van der Waals surface area (Å²) < 4.78 is 5.20. The van der Waals surface area contributed by atoms with E-state index in [1.54, 1.807) is 0 Å². The van der Waals surface area contributed by atoms with Crippen molar-refractivity contribution in [3.8, 4) is 0 Å². The molecule has 0 spiro atoms. The van der Waals surface area contributed by atoms with Gasteiger partial charge in [0, 0.05) is 31.4 Å². The molecule has 0 saturated carbocycles. The smallest absolute Gasteiger partial charge is 0.138 e. The molecule has 0 unspecified atom stereocenters. The van der Waals surface area contributed by atoms with Crippen LogP contribution in [-0.4, -0.2) is 32.9 Å². The largest absolute Gasteiger partial charge is 0.364 e. The zero-order valence-electron chi connectivity index (χ0n) is 7.15. The molecule has 1 aromatic rings. The van der Waals surface area contributed by atoms with E-state index in [-0.39, 0.29) is 0 Å². The van der Waals surface area contributed by atoms with Crippen molar-refractivity contribution in [2.75, 3.05) is 14.1 Å². The van der Waals surface area contributed by atoms with Gasteiger partial charge in [-0.3, -0.25) is 0 Å². The summed E-state index contributed by atoms with van der Waals surface area (Å²) >= 11 is 13.7. The van der Waals surface area contributed by atoms with E-state index in [1.807, 2.05) is 19.0 Å². The minimum atomic E-state index is 0.647. The Labute approximate surface area is 95.6 Å². The molecule has 7 heteroatoms. The van der Waals surface area contributed by atoms with Crippen LogP contribution in [0.4, 0.5) is 0 Å². The third kappa shape index (κ3) is 3.38. The van der Waals surface area contributed by atoms with E-state index in [1.165, 1.54) is 23.3 Å². The third-order valence-corrected chi connectivity index (χ3v) is 3.94. The molecule has 72 valence electrons. The van der Waals surface area contributed by atoms with Gasteiger partial charge in [0.25, 0.3) is 0 Å². The Kier molecular flexibility index (Phi) is 4.37. The number of hydrogen-bond acceptors (Lipinski definition) is 5. The van der Waals surface area contributed by atoms with Crippen molar-refractivity contribution in [2.45, 2.75) is 5.75 Å². The zero-order valence-corrected chi connectivity index (χ0v) is 10.4. The van der Waals surface area contributed by atoms with Gasteiger partial charge in [-0.05, 0) is 0 Å². The van der Waals surface area contributed by atoms with Crippen LogP contribution in [0.15, 0.2) is 0 Å². The summed E-state index contributed by atoms with van der Waals surface area (Å²) in [5.74, 6) is 0.687. The first-order chi connectivity index (χ1) is 6.11. The number of halogens is 1. The second-order valence-corrected chi connectivity index (χ2v) is 5.41. The van der Waals surface area contributed by atoms with Gasteiger partial charge in [0.1, 0.15) is 14.4 Å². The van der Waals surface area contributed by atoms with Crippen LogP contribution in [0, 0.1) is 0 Å². The molecule has 0 aromatic carbocycles. The summed E-state index contributed by atoms with van der Waals surface area (Å²) in [5, 5.41) is 3.88. The van der Waals surface area contributed by atoms with Gasteiger partial charge in [0.2, 0.25) is 0 Å². The molecule has 0 saturated heterocycles. The maximum atomic E-state index is 5.83. The predicted octanol–water partition coefficient (Wildman–Crippen LogP) is 2.27. The van der Waals surface area contributed by atoms with Crippen molar-refractivity contribution >= 4 is 51.4 Å². The molecular weight excluding hydrogens is 246 g/mol. The molecule has 13 heavy (non-hydrogen) atoms. The zero-order chi connectivity index (χ0) is 9.84. The van der Waals surface area contributed by atoms with Gasteiger partial charge in [0.05, 0.1) is 0 Å². The molecule has 0 amide bonds. The molecule has 1 heterocycles. The van der Waals surface area contributed by atoms with Gasteiger partial charge in [0.15, 0.2) is 0 Å². The molecule has 1 aromatic heterocycles. The van der Waals surface area contributed by atoms with Gasteiger partial charge in [-0.2, -0.15) is 0 Å². The second kappa shape index (κ2) is 5.09. The molecule has 0 radical (unpaired) electrons. The van der Waals surface area contributed by atoms with Gasteiger partial charge in [-0.1, -0.05) is 40.1 Å². The van der Waals surface area contributed by atoms with Gasteiger partial charge in [-0.25, -0.2) is 0 Å². The van der Waals surface area contributed by atoms with Crippen LogP contribution >= 0.6 is 47.1 Å². The number of hydrogen-bond donors (Lipinski definition) is 0. The number of nitrogens with zero attached hydrogens (tertiary/aromatic N) is 3. The van der Waals surface area contributed by atoms with E-state index in [2.05, 4.69) is 9.59 Å². The first kappa shape index (κ1) is 11.2. The Balaban J connectivity index is 2.44. The third-order valence-electron chi connectivity index (χ3n) is 1.21. The summed E-state index contributed by atoms with van der Waals surface area (Å²) in [7, 11) is 3.83. The molecule has 0 aliphatic heterocycles. The second-order valence-electron chi connectivity index (χ2n) is 2.44. The molecule has 0 bridgehead atoms. The Morgan fingerprint density at radius 1 is 1.69 bits per heavy atom. The summed E-state index contributed by atoms with van der Waals surface area (Å²) in [6.45, 7) is 0. The van der Waals surface area contributed by atoms with Crippen molar-refractivity contribution < 1.29 is 0 Å². The van der Waals surface area contributed by atoms with Crippen LogP contribution in [0.2, 0.25) is 4.34 Å². The van der Waals surface area contributed by atoms with Crippen molar-refractivity contribution in [2.24, 2.45) is 0 Å². The maximum Gasteiger partial charge on any atom is 0.138 e. The van der Waals surface area contributed by atoms with Crippen molar-refractivity contribution in [3.63, 3.8) is 0 Å². The molecule has 0 atom stereocenters. The molecule has 0 aliphatic carbocycles. The fraction of sp³-hybridized carbons (Fsp3) is 0.500. The Hall–Kier alpha value is 0.0900. The van der Waals surface area contributed by atoms with Crippen LogP contribution in [0.1, 0.15) is 5.69 Å². The fourth-order valence-corrected chi connectivity index (χ4v) is 2.24. The Bertz CT molecular complexity index is 299. The minimum Gasteiger partial charge on any atom is -0.364 e. The Morgan fingerprint density at radius 2 is 2.38 bits per heavy atom. The SMILES string of the molecule is CN(C)C(=S)SCc1nnsc1Cl. The monoisotopic (exact) mass is 253 g/mol. The first-order valence-corrected chi connectivity index (χ1v) is 5.96. The number of aromatic nitrogens is 2. The summed E-state index contributed by atoms with van der Waals surface area (Å²) in [6.07, 6.45) is 0. The molecule has 3 nitrogen and oxygen atoms in total. The lowest BCUT2D eigenvalue weighted by atomic mass is 10.6. The highest BCUT2D eigenvalue weighted by Crippen LogP contribution is 2.22. The van der Waals surface area contributed by atoms with Crippen LogP contribution in [0.5, 0.6) is 0 Å². The highest BCUT2D eigenvalue weighted by Gasteiger charge is 2.07. The number of thioether (sulfide) groups is 1. The topological polar surface area (TPSA) is 29.0 Å². The molecular formula is C6H8ClN3S3. The van der Waals surface area contributed by atoms with Crippen LogP contribution < -0.4 is 0 Å². The molecule has 0 fully saturated rings. The van der Waals surface area contributed by atoms with E-state index >= 15 is 0 Å². The molecule has 1 rings (SSSR count). The molecule has 0 N–H and O–H groups in total. The summed E-state index contributed by atoms with van der Waals surface area (Å²) in [6, 6.07) is 0. The number of rotatable bonds is 2. The van der Waals surface area contributed by atoms with Crippen LogP contribution in [-0.2, 0) is 5.75 Å². The lowest BCUT2D eigenvalue weighted by Gasteiger charge is -2.11. The van der Waals surface area contributed by atoms with E-state index < -0.39 is 0 Å². The van der Waals surface area contributed by atoms with E-state index in [4.69, 9.17) is 23.8 Å². The maximum absolute atomic E-state index is 5.83. The van der Waals surface area contributed by atoms with E-state index in [0.29, 0.717) is 10.1 Å². The first-order valence-electron chi connectivity index (χ1n) is 3.42. The van der Waals surface area contributed by atoms with Crippen molar-refractivity contribution in [3.05, 3.63) is 10.0 Å². The minimum absolute atomic E-state index is 0.647. The Morgan fingerprint density at radius 3 is 2.85 bits per heavy atom. The van der Waals surface area contributed by atoms with E-state index in [9.17, 15) is 0 Å². The number of thiocarbonyl (C=S) groups is 1.